The summed E-state index contributed by atoms with van der Waals surface area (Å²) in [5, 5.41) is 0. The van der Waals surface area contributed by atoms with Crippen LogP contribution in [0.25, 0.3) is 0 Å². The summed E-state index contributed by atoms with van der Waals surface area (Å²) in [4.78, 5) is 16.1. The lowest BCUT2D eigenvalue weighted by atomic mass is 10.2. The Labute approximate surface area is 183 Å². The molecule has 4 rings (SSSR count). The van der Waals surface area contributed by atoms with Crippen LogP contribution in [-0.4, -0.2) is 65.6 Å². The highest BCUT2D eigenvalue weighted by Crippen LogP contribution is 2.35. The number of sulfonamides is 1. The number of amides is 1. The summed E-state index contributed by atoms with van der Waals surface area (Å²) in [7, 11) is -0.547. The van der Waals surface area contributed by atoms with E-state index in [1.807, 2.05) is 24.3 Å². The maximum atomic E-state index is 13.3. The van der Waals surface area contributed by atoms with Crippen molar-refractivity contribution in [1.29, 1.82) is 0 Å². The van der Waals surface area contributed by atoms with Gasteiger partial charge in [-0.15, -0.1) is 0 Å². The number of hydrogen-bond donors (Lipinski definition) is 0. The van der Waals surface area contributed by atoms with Crippen LogP contribution in [0.2, 0.25) is 0 Å². The average molecular weight is 446 g/mol. The van der Waals surface area contributed by atoms with Gasteiger partial charge in [-0.05, 0) is 36.8 Å². The minimum absolute atomic E-state index is 0.0155. The van der Waals surface area contributed by atoms with Gasteiger partial charge < -0.3 is 19.3 Å². The molecule has 0 spiro atoms. The van der Waals surface area contributed by atoms with Crippen molar-refractivity contribution in [3.05, 3.63) is 42.5 Å². The Bertz CT molecular complexity index is 1060. The predicted molar refractivity (Wildman–Crippen MR) is 119 cm³/mol. The van der Waals surface area contributed by atoms with E-state index in [1.165, 1.54) is 11.4 Å². The number of hydrogen-bond acceptors (Lipinski definition) is 6. The zero-order valence-corrected chi connectivity index (χ0v) is 18.6. The Hall–Kier alpha value is -2.78. The largest absolute Gasteiger partial charge is 0.495 e. The molecule has 1 amide bonds. The molecule has 2 aromatic carbocycles. The van der Waals surface area contributed by atoms with Crippen LogP contribution in [0.3, 0.4) is 0 Å². The van der Waals surface area contributed by atoms with Crippen LogP contribution in [0.1, 0.15) is 12.8 Å². The molecule has 0 bridgehead atoms. The molecule has 0 aromatic heterocycles. The summed E-state index contributed by atoms with van der Waals surface area (Å²) >= 11 is 0. The molecule has 2 aliphatic heterocycles. The summed E-state index contributed by atoms with van der Waals surface area (Å²) in [5.41, 5.74) is 1.47. The van der Waals surface area contributed by atoms with Crippen molar-refractivity contribution in [3.8, 4) is 11.5 Å². The van der Waals surface area contributed by atoms with E-state index in [2.05, 4.69) is 4.90 Å². The van der Waals surface area contributed by atoms with E-state index in [0.717, 1.165) is 17.9 Å². The Kier molecular flexibility index (Phi) is 6.06. The molecule has 0 atom stereocenters. The number of piperazine rings is 1. The third-order valence-corrected chi connectivity index (χ3v) is 7.71. The number of rotatable bonds is 6. The quantitative estimate of drug-likeness (QED) is 0.679. The molecule has 2 heterocycles. The fourth-order valence-corrected chi connectivity index (χ4v) is 5.60. The van der Waals surface area contributed by atoms with Gasteiger partial charge in [0.2, 0.25) is 15.9 Å². The first-order valence-corrected chi connectivity index (χ1v) is 11.8. The topological polar surface area (TPSA) is 79.4 Å². The lowest BCUT2D eigenvalue weighted by Gasteiger charge is -2.36. The highest BCUT2D eigenvalue weighted by atomic mass is 32.2. The maximum Gasteiger partial charge on any atom is 0.243 e. The van der Waals surface area contributed by atoms with Gasteiger partial charge in [-0.1, -0.05) is 12.1 Å². The summed E-state index contributed by atoms with van der Waals surface area (Å²) in [5.74, 6) is 1.25. The van der Waals surface area contributed by atoms with Gasteiger partial charge in [-0.2, -0.15) is 4.31 Å². The summed E-state index contributed by atoms with van der Waals surface area (Å²) in [6, 6.07) is 12.5. The standard InChI is InChI=1S/C22H27N3O5S/c1-29-20-7-4-3-6-18(20)23-12-14-24(15-13-23)31(27,28)17-9-10-21(30-2)19(16-17)25-11-5-8-22(25)26/h3-4,6-7,9-10,16H,5,8,11-15H2,1-2H3. The van der Waals surface area contributed by atoms with Gasteiger partial charge in [-0.3, -0.25) is 4.79 Å². The molecule has 2 aliphatic rings. The number of anilines is 2. The van der Waals surface area contributed by atoms with E-state index in [0.29, 0.717) is 50.6 Å². The molecule has 0 saturated carbocycles. The molecular weight excluding hydrogens is 418 g/mol. The van der Waals surface area contributed by atoms with Crippen LogP contribution in [0.4, 0.5) is 11.4 Å². The molecule has 2 fully saturated rings. The van der Waals surface area contributed by atoms with Gasteiger partial charge in [0, 0.05) is 39.1 Å². The maximum absolute atomic E-state index is 13.3. The number of para-hydroxylation sites is 2. The molecule has 0 aliphatic carbocycles. The van der Waals surface area contributed by atoms with Gasteiger partial charge >= 0.3 is 0 Å². The number of carbonyl (C=O) groups excluding carboxylic acids is 1. The first-order chi connectivity index (χ1) is 15.0. The third-order valence-electron chi connectivity index (χ3n) is 5.82. The zero-order chi connectivity index (χ0) is 22.0. The normalized spacial score (nSPS) is 17.8. The van der Waals surface area contributed by atoms with Crippen molar-refractivity contribution in [2.75, 3.05) is 56.7 Å². The predicted octanol–water partition coefficient (Wildman–Crippen LogP) is 2.34. The zero-order valence-electron chi connectivity index (χ0n) is 17.8. The Balaban J connectivity index is 1.55. The molecule has 0 unspecified atom stereocenters. The van der Waals surface area contributed by atoms with Gasteiger partial charge in [0.25, 0.3) is 0 Å². The van der Waals surface area contributed by atoms with Crippen molar-refractivity contribution in [3.63, 3.8) is 0 Å². The smallest absolute Gasteiger partial charge is 0.243 e. The SMILES string of the molecule is COc1ccccc1N1CCN(S(=O)(=O)c2ccc(OC)c(N3CCCC3=O)c2)CC1. The van der Waals surface area contributed by atoms with Crippen LogP contribution >= 0.6 is 0 Å². The number of methoxy groups -OCH3 is 2. The lowest BCUT2D eigenvalue weighted by Crippen LogP contribution is -2.48. The third kappa shape index (κ3) is 4.07. The minimum Gasteiger partial charge on any atom is -0.495 e. The Morgan fingerprint density at radius 2 is 1.52 bits per heavy atom. The molecule has 0 N–H and O–H groups in total. The van der Waals surface area contributed by atoms with Crippen LogP contribution < -0.4 is 19.3 Å². The van der Waals surface area contributed by atoms with E-state index in [-0.39, 0.29) is 10.8 Å². The molecule has 0 radical (unpaired) electrons. The van der Waals surface area contributed by atoms with Crippen LogP contribution in [-0.2, 0) is 14.8 Å². The van der Waals surface area contributed by atoms with Crippen LogP contribution in [0.15, 0.2) is 47.4 Å². The summed E-state index contributed by atoms with van der Waals surface area (Å²) in [6.07, 6.45) is 1.22. The monoisotopic (exact) mass is 445 g/mol. The number of benzene rings is 2. The number of nitrogens with zero attached hydrogens (tertiary/aromatic N) is 3. The molecule has 166 valence electrons. The number of carbonyl (C=O) groups is 1. The highest BCUT2D eigenvalue weighted by molar-refractivity contribution is 7.89. The fraction of sp³-hybridized carbons (Fsp3) is 0.409. The summed E-state index contributed by atoms with van der Waals surface area (Å²) < 4.78 is 39.0. The van der Waals surface area contributed by atoms with Crippen molar-refractivity contribution in [2.45, 2.75) is 17.7 Å². The van der Waals surface area contributed by atoms with Crippen molar-refractivity contribution < 1.29 is 22.7 Å². The first-order valence-electron chi connectivity index (χ1n) is 10.3. The minimum atomic E-state index is -3.70. The van der Waals surface area contributed by atoms with Gasteiger partial charge in [0.05, 0.1) is 30.5 Å². The first kappa shape index (κ1) is 21.5. The number of ether oxygens (including phenoxy) is 2. The molecule has 9 heteroatoms. The molecule has 31 heavy (non-hydrogen) atoms. The van der Waals surface area contributed by atoms with Crippen LogP contribution in [0, 0.1) is 0 Å². The molecule has 2 saturated heterocycles. The van der Waals surface area contributed by atoms with Crippen molar-refractivity contribution in [2.24, 2.45) is 0 Å². The van der Waals surface area contributed by atoms with Crippen LogP contribution in [0.5, 0.6) is 11.5 Å². The molecule has 8 nitrogen and oxygen atoms in total. The second kappa shape index (κ2) is 8.76. The van der Waals surface area contributed by atoms with Crippen molar-refractivity contribution >= 4 is 27.3 Å². The Morgan fingerprint density at radius 1 is 0.839 bits per heavy atom. The molecule has 2 aromatic rings. The van der Waals surface area contributed by atoms with E-state index in [9.17, 15) is 13.2 Å². The molecular formula is C22H27N3O5S. The van der Waals surface area contributed by atoms with E-state index >= 15 is 0 Å². The van der Waals surface area contributed by atoms with E-state index < -0.39 is 10.0 Å². The second-order valence-electron chi connectivity index (χ2n) is 7.55. The fourth-order valence-electron chi connectivity index (χ4n) is 4.15. The lowest BCUT2D eigenvalue weighted by molar-refractivity contribution is -0.117. The highest BCUT2D eigenvalue weighted by Gasteiger charge is 2.31. The average Bonchev–Trinajstić information content (AvgIpc) is 3.24. The van der Waals surface area contributed by atoms with E-state index in [1.54, 1.807) is 30.2 Å². The summed E-state index contributed by atoms with van der Waals surface area (Å²) in [6.45, 7) is 2.42. The van der Waals surface area contributed by atoms with E-state index in [4.69, 9.17) is 9.47 Å². The Morgan fingerprint density at radius 3 is 2.16 bits per heavy atom. The van der Waals surface area contributed by atoms with Crippen molar-refractivity contribution in [1.82, 2.24) is 4.31 Å². The van der Waals surface area contributed by atoms with Gasteiger partial charge in [0.15, 0.2) is 0 Å². The second-order valence-corrected chi connectivity index (χ2v) is 9.48. The van der Waals surface area contributed by atoms with Gasteiger partial charge in [0.1, 0.15) is 11.5 Å². The van der Waals surface area contributed by atoms with Gasteiger partial charge in [-0.25, -0.2) is 8.42 Å².